The van der Waals surface area contributed by atoms with Crippen LogP contribution < -0.4 is 10.2 Å². The summed E-state index contributed by atoms with van der Waals surface area (Å²) in [4.78, 5) is 21.6. The lowest BCUT2D eigenvalue weighted by molar-refractivity contribution is -0.121. The lowest BCUT2D eigenvalue weighted by atomic mass is 10.2. The molecule has 0 aliphatic carbocycles. The lowest BCUT2D eigenvalue weighted by Crippen LogP contribution is -2.23. The lowest BCUT2D eigenvalue weighted by Gasteiger charge is -2.08. The second kappa shape index (κ2) is 8.87. The number of fused-ring (bicyclic) bond motifs is 1. The van der Waals surface area contributed by atoms with Crippen LogP contribution in [0.15, 0.2) is 76.4 Å². The van der Waals surface area contributed by atoms with Gasteiger partial charge in [0.05, 0.1) is 24.4 Å². The van der Waals surface area contributed by atoms with E-state index in [1.54, 1.807) is 19.5 Å². The zero-order chi connectivity index (χ0) is 20.9. The second-order valence-electron chi connectivity index (χ2n) is 6.40. The standard InChI is InChI=1S/C22H18BrN5O2/c1-30-20-10-9-16(23)12-15(20)13-25-27-21(29)14-28-19-8-3-2-6-17(19)26-22(28)18-7-4-5-11-24-18/h2-13H,14H2,1H3,(H,27,29)/b25-13-. The maximum atomic E-state index is 12.6. The van der Waals surface area contributed by atoms with Crippen LogP contribution in [0, 0.1) is 0 Å². The van der Waals surface area contributed by atoms with Crippen LogP contribution in [0.5, 0.6) is 5.75 Å². The Morgan fingerprint density at radius 1 is 1.20 bits per heavy atom. The average Bonchev–Trinajstić information content (AvgIpc) is 3.13. The number of aromatic nitrogens is 3. The fraction of sp³-hybridized carbons (Fsp3) is 0.0909. The number of halogens is 1. The summed E-state index contributed by atoms with van der Waals surface area (Å²) in [7, 11) is 1.59. The van der Waals surface area contributed by atoms with Crippen molar-refractivity contribution in [2.24, 2.45) is 5.10 Å². The number of ether oxygens (including phenoxy) is 1. The van der Waals surface area contributed by atoms with E-state index in [0.717, 1.165) is 21.1 Å². The molecule has 150 valence electrons. The third-order valence-corrected chi connectivity index (χ3v) is 4.93. The topological polar surface area (TPSA) is 81.4 Å². The Bertz CT molecular complexity index is 1220. The molecule has 2 aromatic carbocycles. The molecule has 0 unspecified atom stereocenters. The molecular formula is C22H18BrN5O2. The first-order chi connectivity index (χ1) is 14.7. The van der Waals surface area contributed by atoms with Crippen LogP contribution in [0.3, 0.4) is 0 Å². The monoisotopic (exact) mass is 463 g/mol. The quantitative estimate of drug-likeness (QED) is 0.345. The number of rotatable bonds is 6. The number of pyridine rings is 1. The molecule has 7 nitrogen and oxygen atoms in total. The molecule has 0 spiro atoms. The van der Waals surface area contributed by atoms with E-state index in [4.69, 9.17) is 4.74 Å². The van der Waals surface area contributed by atoms with Gasteiger partial charge >= 0.3 is 0 Å². The molecule has 1 amide bonds. The molecule has 1 N–H and O–H groups in total. The summed E-state index contributed by atoms with van der Waals surface area (Å²) >= 11 is 3.42. The summed E-state index contributed by atoms with van der Waals surface area (Å²) in [5.74, 6) is 1.01. The van der Waals surface area contributed by atoms with Crippen LogP contribution in [0.1, 0.15) is 5.56 Å². The average molecular weight is 464 g/mol. The summed E-state index contributed by atoms with van der Waals surface area (Å²) in [5, 5.41) is 4.08. The van der Waals surface area contributed by atoms with E-state index in [1.165, 1.54) is 0 Å². The minimum Gasteiger partial charge on any atom is -0.496 e. The molecule has 4 aromatic rings. The predicted molar refractivity (Wildman–Crippen MR) is 119 cm³/mol. The molecule has 0 saturated carbocycles. The first kappa shape index (κ1) is 19.8. The van der Waals surface area contributed by atoms with Gasteiger partial charge < -0.3 is 9.30 Å². The number of carbonyl (C=O) groups excluding carboxylic acids is 1. The van der Waals surface area contributed by atoms with E-state index in [2.05, 4.69) is 36.4 Å². The Labute approximate surface area is 181 Å². The summed E-state index contributed by atoms with van der Waals surface area (Å²) < 4.78 is 8.04. The molecule has 0 fully saturated rings. The van der Waals surface area contributed by atoms with E-state index in [0.29, 0.717) is 17.3 Å². The highest BCUT2D eigenvalue weighted by molar-refractivity contribution is 9.10. The molecule has 2 aromatic heterocycles. The zero-order valence-corrected chi connectivity index (χ0v) is 17.7. The molecule has 30 heavy (non-hydrogen) atoms. The van der Waals surface area contributed by atoms with Crippen molar-refractivity contribution < 1.29 is 9.53 Å². The van der Waals surface area contributed by atoms with Gasteiger partial charge in [0.1, 0.15) is 18.0 Å². The number of amides is 1. The van der Waals surface area contributed by atoms with E-state index < -0.39 is 0 Å². The number of hydrogen-bond acceptors (Lipinski definition) is 5. The molecule has 0 bridgehead atoms. The molecule has 0 aliphatic rings. The van der Waals surface area contributed by atoms with Gasteiger partial charge in [-0.1, -0.05) is 34.1 Å². The number of methoxy groups -OCH3 is 1. The summed E-state index contributed by atoms with van der Waals surface area (Å²) in [5.41, 5.74) is 5.67. The van der Waals surface area contributed by atoms with Gasteiger partial charge in [-0.15, -0.1) is 0 Å². The van der Waals surface area contributed by atoms with Crippen LogP contribution in [-0.4, -0.2) is 33.8 Å². The Morgan fingerprint density at radius 3 is 2.83 bits per heavy atom. The number of imidazole rings is 1. The SMILES string of the molecule is COc1ccc(Br)cc1/C=N\NC(=O)Cn1c(-c2ccccn2)nc2ccccc21. The Kier molecular flexibility index (Phi) is 5.85. The molecular weight excluding hydrogens is 446 g/mol. The smallest absolute Gasteiger partial charge is 0.260 e. The van der Waals surface area contributed by atoms with Gasteiger partial charge in [0.15, 0.2) is 5.82 Å². The minimum absolute atomic E-state index is 0.0549. The maximum absolute atomic E-state index is 12.6. The highest BCUT2D eigenvalue weighted by Crippen LogP contribution is 2.23. The Hall–Kier alpha value is -3.52. The van der Waals surface area contributed by atoms with Gasteiger partial charge in [0.2, 0.25) is 0 Å². The fourth-order valence-electron chi connectivity index (χ4n) is 3.09. The van der Waals surface area contributed by atoms with Crippen LogP contribution in [0.25, 0.3) is 22.6 Å². The molecule has 0 atom stereocenters. The Morgan fingerprint density at radius 2 is 2.03 bits per heavy atom. The van der Waals surface area contributed by atoms with Crippen molar-refractivity contribution in [3.05, 3.63) is 76.9 Å². The van der Waals surface area contributed by atoms with Crippen LogP contribution in [0.2, 0.25) is 0 Å². The third-order valence-electron chi connectivity index (χ3n) is 4.43. The van der Waals surface area contributed by atoms with Crippen molar-refractivity contribution in [3.8, 4) is 17.3 Å². The zero-order valence-electron chi connectivity index (χ0n) is 16.1. The van der Waals surface area contributed by atoms with Crippen molar-refractivity contribution in [2.75, 3.05) is 7.11 Å². The molecule has 0 aliphatic heterocycles. The number of carbonyl (C=O) groups is 1. The number of para-hydroxylation sites is 2. The number of hydrazone groups is 1. The molecule has 2 heterocycles. The van der Waals surface area contributed by atoms with E-state index in [9.17, 15) is 4.79 Å². The molecule has 8 heteroatoms. The summed E-state index contributed by atoms with van der Waals surface area (Å²) in [6.45, 7) is 0.0549. The minimum atomic E-state index is -0.277. The van der Waals surface area contributed by atoms with Crippen molar-refractivity contribution >= 4 is 39.1 Å². The number of nitrogens with zero attached hydrogens (tertiary/aromatic N) is 4. The van der Waals surface area contributed by atoms with Gasteiger partial charge in [-0.2, -0.15) is 5.10 Å². The molecule has 0 radical (unpaired) electrons. The van der Waals surface area contributed by atoms with Gasteiger partial charge in [-0.25, -0.2) is 10.4 Å². The second-order valence-corrected chi connectivity index (χ2v) is 7.32. The van der Waals surface area contributed by atoms with E-state index in [1.807, 2.05) is 65.2 Å². The van der Waals surface area contributed by atoms with Gasteiger partial charge in [-0.05, 0) is 42.5 Å². The number of nitrogens with one attached hydrogen (secondary N) is 1. The van der Waals surface area contributed by atoms with Crippen LogP contribution >= 0.6 is 15.9 Å². The van der Waals surface area contributed by atoms with Crippen molar-refractivity contribution in [2.45, 2.75) is 6.54 Å². The third kappa shape index (κ3) is 4.23. The van der Waals surface area contributed by atoms with Crippen molar-refractivity contribution in [1.82, 2.24) is 20.0 Å². The largest absolute Gasteiger partial charge is 0.496 e. The van der Waals surface area contributed by atoms with Crippen LogP contribution in [0.4, 0.5) is 0 Å². The highest BCUT2D eigenvalue weighted by Gasteiger charge is 2.15. The van der Waals surface area contributed by atoms with Gasteiger partial charge in [0, 0.05) is 16.2 Å². The molecule has 0 saturated heterocycles. The first-order valence-electron chi connectivity index (χ1n) is 9.18. The normalized spacial score (nSPS) is 11.1. The predicted octanol–water partition coefficient (Wildman–Crippen LogP) is 4.02. The van der Waals surface area contributed by atoms with Crippen molar-refractivity contribution in [3.63, 3.8) is 0 Å². The maximum Gasteiger partial charge on any atom is 0.260 e. The van der Waals surface area contributed by atoms with Crippen molar-refractivity contribution in [1.29, 1.82) is 0 Å². The molecule has 4 rings (SSSR count). The van der Waals surface area contributed by atoms with Crippen LogP contribution in [-0.2, 0) is 11.3 Å². The Balaban J connectivity index is 1.57. The number of hydrogen-bond donors (Lipinski definition) is 1. The first-order valence-corrected chi connectivity index (χ1v) is 9.97. The number of benzene rings is 2. The van der Waals surface area contributed by atoms with Gasteiger partial charge in [0.25, 0.3) is 5.91 Å². The fourth-order valence-corrected chi connectivity index (χ4v) is 3.46. The van der Waals surface area contributed by atoms with E-state index in [-0.39, 0.29) is 12.5 Å². The summed E-state index contributed by atoms with van der Waals surface area (Å²) in [6.07, 6.45) is 3.25. The summed E-state index contributed by atoms with van der Waals surface area (Å²) in [6, 6.07) is 18.8. The van der Waals surface area contributed by atoms with Gasteiger partial charge in [-0.3, -0.25) is 9.78 Å². The highest BCUT2D eigenvalue weighted by atomic mass is 79.9. The van der Waals surface area contributed by atoms with E-state index >= 15 is 0 Å².